The Morgan fingerprint density at radius 2 is 2.31 bits per heavy atom. The molecule has 0 spiro atoms. The number of hydrogen-bond acceptors (Lipinski definition) is 5. The topological polar surface area (TPSA) is 86.2 Å². The summed E-state index contributed by atoms with van der Waals surface area (Å²) in [6, 6.07) is 3.92. The molecule has 82 valence electrons. The van der Waals surface area contributed by atoms with Gasteiger partial charge in [0.05, 0.1) is 11.4 Å². The summed E-state index contributed by atoms with van der Waals surface area (Å²) in [5.41, 5.74) is 0.590. The molecule has 16 heavy (non-hydrogen) atoms. The molecule has 2 rings (SSSR count). The number of carbonyl (C=O) groups is 1. The number of benzene rings is 1. The van der Waals surface area contributed by atoms with Gasteiger partial charge in [-0.1, -0.05) is 6.07 Å². The lowest BCUT2D eigenvalue weighted by Crippen LogP contribution is -2.00. The van der Waals surface area contributed by atoms with E-state index in [9.17, 15) is 14.9 Å². The Kier molecular flexibility index (Phi) is 2.57. The van der Waals surface area contributed by atoms with Crippen LogP contribution in [-0.4, -0.2) is 21.6 Å². The summed E-state index contributed by atoms with van der Waals surface area (Å²) in [5, 5.41) is 10.5. The molecule has 0 aliphatic carbocycles. The number of nitro groups is 1. The first-order chi connectivity index (χ1) is 7.63. The first-order valence-electron chi connectivity index (χ1n) is 4.26. The molecule has 0 bridgehead atoms. The number of oxazole rings is 1. The third-order valence-electron chi connectivity index (χ3n) is 1.99. The van der Waals surface area contributed by atoms with Crippen LogP contribution in [0.2, 0.25) is 0 Å². The van der Waals surface area contributed by atoms with E-state index in [-0.39, 0.29) is 28.3 Å². The highest BCUT2D eigenvalue weighted by Gasteiger charge is 2.22. The number of carbonyl (C=O) groups excluding carboxylic acids is 1. The Labute approximate surface area is 94.0 Å². The second kappa shape index (κ2) is 3.90. The van der Waals surface area contributed by atoms with Gasteiger partial charge in [-0.2, -0.15) is 0 Å². The number of para-hydroxylation sites is 1. The standard InChI is InChI=1S/C9H5ClN2O4/c10-4-6(13)5-2-1-3-7-8(5)11-9(16-7)12(14)15/h1-3H,4H2. The minimum Gasteiger partial charge on any atom is -0.381 e. The molecule has 0 amide bonds. The molecule has 0 unspecified atom stereocenters. The van der Waals surface area contributed by atoms with Crippen molar-refractivity contribution in [2.75, 3.05) is 5.88 Å². The van der Waals surface area contributed by atoms with Gasteiger partial charge in [0.1, 0.15) is 0 Å². The van der Waals surface area contributed by atoms with Crippen molar-refractivity contribution < 1.29 is 14.1 Å². The molecule has 1 aromatic carbocycles. The molecule has 6 nitrogen and oxygen atoms in total. The number of alkyl halides is 1. The van der Waals surface area contributed by atoms with Crippen LogP contribution in [0.4, 0.5) is 6.01 Å². The zero-order valence-corrected chi connectivity index (χ0v) is 8.60. The lowest BCUT2D eigenvalue weighted by molar-refractivity contribution is -0.406. The molecule has 0 atom stereocenters. The average molecular weight is 241 g/mol. The highest BCUT2D eigenvalue weighted by atomic mass is 35.5. The predicted molar refractivity (Wildman–Crippen MR) is 55.7 cm³/mol. The van der Waals surface area contributed by atoms with E-state index in [0.29, 0.717) is 0 Å². The number of ketones is 1. The van der Waals surface area contributed by atoms with Crippen molar-refractivity contribution in [3.63, 3.8) is 0 Å². The van der Waals surface area contributed by atoms with Crippen molar-refractivity contribution in [2.45, 2.75) is 0 Å². The minimum absolute atomic E-state index is 0.167. The maximum Gasteiger partial charge on any atom is 0.546 e. The van der Waals surface area contributed by atoms with Crippen LogP contribution in [0.1, 0.15) is 10.4 Å². The van der Waals surface area contributed by atoms with Crippen LogP contribution in [0.25, 0.3) is 11.1 Å². The fourth-order valence-electron chi connectivity index (χ4n) is 1.31. The maximum atomic E-state index is 11.4. The molecule has 0 radical (unpaired) electrons. The third kappa shape index (κ3) is 1.63. The zero-order chi connectivity index (χ0) is 11.7. The van der Waals surface area contributed by atoms with E-state index in [1.54, 1.807) is 6.07 Å². The zero-order valence-electron chi connectivity index (χ0n) is 7.84. The first-order valence-corrected chi connectivity index (χ1v) is 4.80. The second-order valence-corrected chi connectivity index (χ2v) is 3.23. The van der Waals surface area contributed by atoms with Crippen LogP contribution in [0.5, 0.6) is 0 Å². The van der Waals surface area contributed by atoms with E-state index >= 15 is 0 Å². The Hall–Kier alpha value is -1.95. The van der Waals surface area contributed by atoms with E-state index in [0.717, 1.165) is 0 Å². The predicted octanol–water partition coefficient (Wildman–Crippen LogP) is 2.16. The molecule has 0 saturated heterocycles. The van der Waals surface area contributed by atoms with Crippen molar-refractivity contribution >= 4 is 34.5 Å². The molecule has 1 heterocycles. The lowest BCUT2D eigenvalue weighted by atomic mass is 10.1. The number of rotatable bonds is 3. The summed E-state index contributed by atoms with van der Waals surface area (Å²) in [7, 11) is 0. The van der Waals surface area contributed by atoms with Gasteiger partial charge in [-0.3, -0.25) is 4.79 Å². The van der Waals surface area contributed by atoms with Gasteiger partial charge in [-0.05, 0) is 12.1 Å². The van der Waals surface area contributed by atoms with E-state index in [4.69, 9.17) is 16.0 Å². The van der Waals surface area contributed by atoms with Gasteiger partial charge in [-0.25, -0.2) is 0 Å². The summed E-state index contributed by atoms with van der Waals surface area (Å²) >= 11 is 5.41. The number of hydrogen-bond donors (Lipinski definition) is 0. The largest absolute Gasteiger partial charge is 0.546 e. The molecule has 0 N–H and O–H groups in total. The summed E-state index contributed by atoms with van der Waals surface area (Å²) in [5.74, 6) is -0.560. The van der Waals surface area contributed by atoms with Crippen molar-refractivity contribution in [3.8, 4) is 0 Å². The fraction of sp³-hybridized carbons (Fsp3) is 0.111. The molecule has 7 heteroatoms. The molecule has 0 saturated carbocycles. The number of Topliss-reactive ketones (excluding diaryl/α,β-unsaturated/α-hetero) is 1. The monoisotopic (exact) mass is 240 g/mol. The summed E-state index contributed by atoms with van der Waals surface area (Å²) < 4.78 is 4.86. The van der Waals surface area contributed by atoms with Gasteiger partial charge in [0.25, 0.3) is 0 Å². The Morgan fingerprint density at radius 3 is 2.94 bits per heavy atom. The van der Waals surface area contributed by atoms with Crippen molar-refractivity contribution in [1.29, 1.82) is 0 Å². The number of halogens is 1. The molecule has 0 aliphatic rings. The summed E-state index contributed by atoms with van der Waals surface area (Å²) in [6.07, 6.45) is 0. The lowest BCUT2D eigenvalue weighted by Gasteiger charge is -1.92. The van der Waals surface area contributed by atoms with Crippen molar-refractivity contribution in [1.82, 2.24) is 4.98 Å². The quantitative estimate of drug-likeness (QED) is 0.355. The Morgan fingerprint density at radius 1 is 1.56 bits per heavy atom. The van der Waals surface area contributed by atoms with E-state index in [2.05, 4.69) is 4.98 Å². The molecule has 0 fully saturated rings. The third-order valence-corrected chi connectivity index (χ3v) is 2.23. The van der Waals surface area contributed by atoms with Crippen LogP contribution in [0, 0.1) is 10.1 Å². The van der Waals surface area contributed by atoms with Gasteiger partial charge in [0.15, 0.2) is 11.4 Å². The minimum atomic E-state index is -0.755. The van der Waals surface area contributed by atoms with Gasteiger partial charge in [0, 0.05) is 9.91 Å². The average Bonchev–Trinajstić information content (AvgIpc) is 2.71. The molecular formula is C9H5ClN2O4. The number of fused-ring (bicyclic) bond motifs is 1. The van der Waals surface area contributed by atoms with Gasteiger partial charge in [-0.15, -0.1) is 11.6 Å². The highest BCUT2D eigenvalue weighted by molar-refractivity contribution is 6.31. The first kappa shape index (κ1) is 10.6. The van der Waals surface area contributed by atoms with Gasteiger partial charge < -0.3 is 14.5 Å². The van der Waals surface area contributed by atoms with Gasteiger partial charge in [0.2, 0.25) is 5.52 Å². The SMILES string of the molecule is O=C(CCl)c1cccc2oc([N+](=O)[O-])nc12. The van der Waals surface area contributed by atoms with Crippen LogP contribution < -0.4 is 0 Å². The molecule has 2 aromatic rings. The van der Waals surface area contributed by atoms with Crippen LogP contribution >= 0.6 is 11.6 Å². The smallest absolute Gasteiger partial charge is 0.381 e. The van der Waals surface area contributed by atoms with E-state index < -0.39 is 10.9 Å². The van der Waals surface area contributed by atoms with Crippen LogP contribution in [0.3, 0.4) is 0 Å². The maximum absolute atomic E-state index is 11.4. The van der Waals surface area contributed by atoms with Crippen molar-refractivity contribution in [2.24, 2.45) is 0 Å². The van der Waals surface area contributed by atoms with Gasteiger partial charge >= 0.3 is 6.01 Å². The molecular weight excluding hydrogens is 236 g/mol. The highest BCUT2D eigenvalue weighted by Crippen LogP contribution is 2.23. The molecule has 0 aliphatic heterocycles. The number of nitrogens with zero attached hydrogens (tertiary/aromatic N) is 2. The number of aromatic nitrogens is 1. The second-order valence-electron chi connectivity index (χ2n) is 2.96. The molecule has 1 aromatic heterocycles. The van der Waals surface area contributed by atoms with E-state index in [1.807, 2.05) is 0 Å². The summed E-state index contributed by atoms with van der Waals surface area (Å²) in [6.45, 7) is 0. The van der Waals surface area contributed by atoms with Crippen molar-refractivity contribution in [3.05, 3.63) is 33.9 Å². The Bertz CT molecular complexity index is 578. The normalized spacial score (nSPS) is 10.6. The fourth-order valence-corrected chi connectivity index (χ4v) is 1.46. The van der Waals surface area contributed by atoms with Crippen LogP contribution in [0.15, 0.2) is 22.6 Å². The van der Waals surface area contributed by atoms with E-state index in [1.165, 1.54) is 12.1 Å². The van der Waals surface area contributed by atoms with Crippen LogP contribution in [-0.2, 0) is 0 Å². The Balaban J connectivity index is 2.67. The summed E-state index contributed by atoms with van der Waals surface area (Å²) in [4.78, 5) is 24.8.